The fourth-order valence-corrected chi connectivity index (χ4v) is 3.15. The topological polar surface area (TPSA) is 57.4 Å². The van der Waals surface area contributed by atoms with Gasteiger partial charge in [-0.1, -0.05) is 63.8 Å². The lowest BCUT2D eigenvalue weighted by Crippen LogP contribution is -1.93. The average molecular weight is 447 g/mol. The van der Waals surface area contributed by atoms with Gasteiger partial charge in [-0.3, -0.25) is 0 Å². The van der Waals surface area contributed by atoms with Gasteiger partial charge in [-0.25, -0.2) is 0 Å². The van der Waals surface area contributed by atoms with E-state index in [1.165, 1.54) is 25.7 Å². The van der Waals surface area contributed by atoms with Crippen LogP contribution in [-0.4, -0.2) is 23.4 Å². The van der Waals surface area contributed by atoms with Crippen LogP contribution in [0.5, 0.6) is 11.5 Å². The summed E-state index contributed by atoms with van der Waals surface area (Å²) in [5.41, 5.74) is 1.71. The zero-order valence-corrected chi connectivity index (χ0v) is 19.7. The third-order valence-electron chi connectivity index (χ3n) is 5.10. The predicted molar refractivity (Wildman–Crippen MR) is 133 cm³/mol. The highest BCUT2D eigenvalue weighted by Gasteiger charge is 2.11. The normalized spacial score (nSPS) is 11.5. The molecule has 0 spiro atoms. The number of nitrogens with zero attached hydrogens (tertiary/aromatic N) is 2. The van der Waals surface area contributed by atoms with E-state index in [0.29, 0.717) is 25.0 Å². The van der Waals surface area contributed by atoms with Crippen LogP contribution in [0, 0.1) is 0 Å². The van der Waals surface area contributed by atoms with Gasteiger partial charge >= 0.3 is 0 Å². The lowest BCUT2D eigenvalue weighted by Gasteiger charge is -2.04. The van der Waals surface area contributed by atoms with Gasteiger partial charge in [-0.05, 0) is 61.4 Å². The summed E-state index contributed by atoms with van der Waals surface area (Å²) in [7, 11) is 0. The maximum atomic E-state index is 5.88. The summed E-state index contributed by atoms with van der Waals surface area (Å²) in [6.45, 7) is 5.53. The van der Waals surface area contributed by atoms with Gasteiger partial charge in [0.1, 0.15) is 24.7 Å². The van der Waals surface area contributed by atoms with E-state index < -0.39 is 0 Å². The molecular formula is C28H34N2O3. The summed E-state index contributed by atoms with van der Waals surface area (Å²) in [6, 6.07) is 15.4. The van der Waals surface area contributed by atoms with Crippen molar-refractivity contribution in [3.8, 4) is 34.4 Å². The van der Waals surface area contributed by atoms with Crippen molar-refractivity contribution < 1.29 is 13.9 Å². The van der Waals surface area contributed by atoms with Crippen molar-refractivity contribution >= 4 is 0 Å². The van der Waals surface area contributed by atoms with Crippen LogP contribution in [0.4, 0.5) is 0 Å². The van der Waals surface area contributed by atoms with E-state index in [-0.39, 0.29) is 0 Å². The Kier molecular flexibility index (Phi) is 10.3. The Labute approximate surface area is 197 Å². The molecule has 0 radical (unpaired) electrons. The van der Waals surface area contributed by atoms with E-state index in [9.17, 15) is 0 Å². The van der Waals surface area contributed by atoms with Gasteiger partial charge in [-0.15, -0.1) is 10.2 Å². The first kappa shape index (κ1) is 24.3. The molecule has 0 N–H and O–H groups in total. The molecule has 5 heteroatoms. The minimum atomic E-state index is 0.480. The molecule has 1 aromatic heterocycles. The summed E-state index contributed by atoms with van der Waals surface area (Å²) < 4.78 is 17.4. The molecule has 33 heavy (non-hydrogen) atoms. The van der Waals surface area contributed by atoms with Gasteiger partial charge < -0.3 is 13.9 Å². The molecule has 0 atom stereocenters. The highest BCUT2D eigenvalue weighted by molar-refractivity contribution is 5.59. The van der Waals surface area contributed by atoms with Crippen LogP contribution in [0.1, 0.15) is 52.4 Å². The van der Waals surface area contributed by atoms with Crippen LogP contribution in [-0.2, 0) is 0 Å². The molecule has 3 rings (SSSR count). The Morgan fingerprint density at radius 3 is 1.45 bits per heavy atom. The smallest absolute Gasteiger partial charge is 0.248 e. The number of rotatable bonds is 14. The second-order valence-electron chi connectivity index (χ2n) is 7.81. The van der Waals surface area contributed by atoms with Crippen molar-refractivity contribution in [1.82, 2.24) is 10.2 Å². The molecular weight excluding hydrogens is 412 g/mol. The number of allylic oxidation sites excluding steroid dienone is 2. The minimum absolute atomic E-state index is 0.480. The highest BCUT2D eigenvalue weighted by Crippen LogP contribution is 2.26. The van der Waals surface area contributed by atoms with Crippen LogP contribution in [0.15, 0.2) is 77.3 Å². The molecule has 0 aliphatic heterocycles. The van der Waals surface area contributed by atoms with Crippen molar-refractivity contribution in [3.63, 3.8) is 0 Å². The fourth-order valence-electron chi connectivity index (χ4n) is 3.15. The first-order valence-electron chi connectivity index (χ1n) is 11.9. The van der Waals surface area contributed by atoms with E-state index >= 15 is 0 Å². The van der Waals surface area contributed by atoms with Gasteiger partial charge in [0, 0.05) is 11.1 Å². The molecule has 0 aliphatic rings. The minimum Gasteiger partial charge on any atom is -0.490 e. The molecule has 0 aliphatic carbocycles. The quantitative estimate of drug-likeness (QED) is 0.188. The first-order chi connectivity index (χ1) is 16.3. The van der Waals surface area contributed by atoms with E-state index in [1.807, 2.05) is 48.5 Å². The molecule has 0 bridgehead atoms. The maximum Gasteiger partial charge on any atom is 0.248 e. The predicted octanol–water partition coefficient (Wildman–Crippen LogP) is 7.65. The Morgan fingerprint density at radius 2 is 1.06 bits per heavy atom. The fraction of sp³-hybridized carbons (Fsp3) is 0.357. The van der Waals surface area contributed by atoms with Crippen molar-refractivity contribution in [1.29, 1.82) is 0 Å². The molecule has 0 amide bonds. The largest absolute Gasteiger partial charge is 0.490 e. The average Bonchev–Trinajstić information content (AvgIpc) is 3.35. The molecule has 5 nitrogen and oxygen atoms in total. The van der Waals surface area contributed by atoms with Gasteiger partial charge in [-0.2, -0.15) is 0 Å². The third kappa shape index (κ3) is 8.26. The van der Waals surface area contributed by atoms with E-state index in [1.54, 1.807) is 0 Å². The second kappa shape index (κ2) is 13.9. The second-order valence-corrected chi connectivity index (χ2v) is 7.81. The molecule has 0 unspecified atom stereocenters. The number of hydrogen-bond donors (Lipinski definition) is 0. The highest BCUT2D eigenvalue weighted by atomic mass is 16.5. The Morgan fingerprint density at radius 1 is 0.636 bits per heavy atom. The lowest BCUT2D eigenvalue weighted by atomic mass is 10.2. The summed E-state index contributed by atoms with van der Waals surface area (Å²) in [6.07, 6.45) is 15.5. The third-order valence-corrected chi connectivity index (χ3v) is 5.10. The van der Waals surface area contributed by atoms with Gasteiger partial charge in [0.25, 0.3) is 0 Å². The Balaban J connectivity index is 1.51. The van der Waals surface area contributed by atoms with Crippen molar-refractivity contribution in [2.45, 2.75) is 52.4 Å². The SMILES string of the molecule is CCCC/C=C/COc1ccc(-c2nnc(-c3ccc(OC/C=C/CCCC)cc3)o2)cc1. The van der Waals surface area contributed by atoms with Crippen LogP contribution < -0.4 is 9.47 Å². The van der Waals surface area contributed by atoms with Crippen LogP contribution in [0.25, 0.3) is 22.9 Å². The molecule has 0 fully saturated rings. The number of unbranched alkanes of at least 4 members (excludes halogenated alkanes) is 4. The molecule has 174 valence electrons. The monoisotopic (exact) mass is 446 g/mol. The molecule has 1 heterocycles. The number of ether oxygens (including phenoxy) is 2. The zero-order valence-electron chi connectivity index (χ0n) is 19.7. The Bertz CT molecular complexity index is 909. The summed E-state index contributed by atoms with van der Waals surface area (Å²) in [5, 5.41) is 8.39. The molecule has 0 saturated heterocycles. The van der Waals surface area contributed by atoms with Crippen molar-refractivity contribution in [3.05, 3.63) is 72.8 Å². The number of aromatic nitrogens is 2. The van der Waals surface area contributed by atoms with E-state index in [4.69, 9.17) is 13.9 Å². The molecule has 2 aromatic carbocycles. The van der Waals surface area contributed by atoms with Gasteiger partial charge in [0.05, 0.1) is 0 Å². The summed E-state index contributed by atoms with van der Waals surface area (Å²) in [5.74, 6) is 2.59. The van der Waals surface area contributed by atoms with Crippen molar-refractivity contribution in [2.24, 2.45) is 0 Å². The van der Waals surface area contributed by atoms with Gasteiger partial charge in [0.2, 0.25) is 11.8 Å². The molecule has 3 aromatic rings. The Hall–Kier alpha value is -3.34. The van der Waals surface area contributed by atoms with Gasteiger partial charge in [0.15, 0.2) is 0 Å². The number of hydrogen-bond acceptors (Lipinski definition) is 5. The summed E-state index contributed by atoms with van der Waals surface area (Å²) >= 11 is 0. The van der Waals surface area contributed by atoms with Crippen LogP contribution in [0.2, 0.25) is 0 Å². The van der Waals surface area contributed by atoms with E-state index in [2.05, 4.69) is 48.3 Å². The standard InChI is InChI=1S/C28H34N2O3/c1-3-5-7-9-11-21-31-25-17-13-23(14-18-25)27-29-30-28(33-27)24-15-19-26(20-16-24)32-22-12-10-8-6-4-2/h9-20H,3-8,21-22H2,1-2H3/b11-9+,12-10+. The maximum absolute atomic E-state index is 5.88. The van der Waals surface area contributed by atoms with Crippen LogP contribution in [0.3, 0.4) is 0 Å². The summed E-state index contributed by atoms with van der Waals surface area (Å²) in [4.78, 5) is 0. The number of benzene rings is 2. The van der Waals surface area contributed by atoms with Crippen LogP contribution >= 0.6 is 0 Å². The molecule has 0 saturated carbocycles. The zero-order chi connectivity index (χ0) is 23.1. The first-order valence-corrected chi connectivity index (χ1v) is 11.9. The lowest BCUT2D eigenvalue weighted by molar-refractivity contribution is 0.362. The van der Waals surface area contributed by atoms with E-state index in [0.717, 1.165) is 35.5 Å². The van der Waals surface area contributed by atoms with Crippen molar-refractivity contribution in [2.75, 3.05) is 13.2 Å².